The van der Waals surface area contributed by atoms with Gasteiger partial charge in [-0.15, -0.1) is 11.6 Å². The van der Waals surface area contributed by atoms with Gasteiger partial charge in [0.2, 0.25) is 10.0 Å². The zero-order valence-electron chi connectivity index (χ0n) is 11.5. The van der Waals surface area contributed by atoms with Crippen molar-refractivity contribution in [1.29, 1.82) is 0 Å². The van der Waals surface area contributed by atoms with Crippen LogP contribution in [0.3, 0.4) is 0 Å². The molecule has 0 aliphatic carbocycles. The lowest BCUT2D eigenvalue weighted by Crippen LogP contribution is -2.35. The first-order chi connectivity index (χ1) is 9.85. The summed E-state index contributed by atoms with van der Waals surface area (Å²) < 4.78 is 37.0. The minimum atomic E-state index is -3.83. The number of halogens is 3. The van der Waals surface area contributed by atoms with E-state index in [9.17, 15) is 8.42 Å². The number of sulfonamides is 1. The van der Waals surface area contributed by atoms with Crippen LogP contribution in [0.15, 0.2) is 17.0 Å². The number of hydrogen-bond donors (Lipinski definition) is 1. The van der Waals surface area contributed by atoms with Crippen LogP contribution in [0.4, 0.5) is 0 Å². The first kappa shape index (κ1) is 19.0. The molecule has 1 rings (SSSR count). The van der Waals surface area contributed by atoms with Crippen LogP contribution in [-0.2, 0) is 25.4 Å². The van der Waals surface area contributed by atoms with E-state index in [-0.39, 0.29) is 34.0 Å². The monoisotopic (exact) mass is 375 g/mol. The largest absolute Gasteiger partial charge is 0.382 e. The molecule has 0 aliphatic rings. The lowest BCUT2D eigenvalue weighted by Gasteiger charge is -2.16. The number of alkyl halides is 1. The predicted octanol–water partition coefficient (Wildman–Crippen LogP) is 2.67. The summed E-state index contributed by atoms with van der Waals surface area (Å²) in [6, 6.07) is 2.80. The molecule has 1 unspecified atom stereocenters. The molecule has 0 saturated carbocycles. The number of hydrogen-bond acceptors (Lipinski definition) is 4. The summed E-state index contributed by atoms with van der Waals surface area (Å²) in [7, 11) is -0.861. The molecule has 0 amide bonds. The van der Waals surface area contributed by atoms with Crippen molar-refractivity contribution in [2.75, 3.05) is 27.4 Å². The number of benzene rings is 1. The van der Waals surface area contributed by atoms with E-state index < -0.39 is 16.1 Å². The minimum Gasteiger partial charge on any atom is -0.382 e. The van der Waals surface area contributed by atoms with Crippen LogP contribution >= 0.6 is 34.8 Å². The molecule has 0 aromatic heterocycles. The molecule has 1 N–H and O–H groups in total. The maximum atomic E-state index is 12.3. The molecule has 0 bridgehead atoms. The van der Waals surface area contributed by atoms with E-state index in [1.807, 2.05) is 0 Å². The Morgan fingerprint density at radius 2 is 1.95 bits per heavy atom. The average Bonchev–Trinajstić information content (AvgIpc) is 2.45. The molecule has 0 radical (unpaired) electrons. The zero-order chi connectivity index (χ0) is 16.0. The highest BCUT2D eigenvalue weighted by atomic mass is 35.5. The number of ether oxygens (including phenoxy) is 2. The van der Waals surface area contributed by atoms with Gasteiger partial charge in [-0.1, -0.05) is 23.2 Å². The summed E-state index contributed by atoms with van der Waals surface area (Å²) in [5.41, 5.74) is 0.450. The lowest BCUT2D eigenvalue weighted by molar-refractivity contribution is 0.0320. The van der Waals surface area contributed by atoms with Gasteiger partial charge in [0.15, 0.2) is 0 Å². The van der Waals surface area contributed by atoms with E-state index in [1.54, 1.807) is 0 Å². The van der Waals surface area contributed by atoms with Crippen LogP contribution < -0.4 is 4.72 Å². The third-order valence-corrected chi connectivity index (χ3v) is 5.21. The summed E-state index contributed by atoms with van der Waals surface area (Å²) in [6.07, 6.45) is -0.407. The van der Waals surface area contributed by atoms with Crippen molar-refractivity contribution in [1.82, 2.24) is 4.72 Å². The molecule has 0 spiro atoms. The summed E-state index contributed by atoms with van der Waals surface area (Å²) in [5, 5.41) is 0.304. The fourth-order valence-corrected chi connectivity index (χ4v) is 3.86. The van der Waals surface area contributed by atoms with E-state index >= 15 is 0 Å². The topological polar surface area (TPSA) is 64.6 Å². The van der Waals surface area contributed by atoms with Crippen molar-refractivity contribution < 1.29 is 17.9 Å². The quantitative estimate of drug-likeness (QED) is 0.709. The Kier molecular flexibility index (Phi) is 7.70. The normalized spacial score (nSPS) is 13.4. The van der Waals surface area contributed by atoms with Gasteiger partial charge in [0.1, 0.15) is 4.90 Å². The van der Waals surface area contributed by atoms with Gasteiger partial charge in [-0.3, -0.25) is 0 Å². The molecule has 120 valence electrons. The fourth-order valence-electron chi connectivity index (χ4n) is 1.59. The van der Waals surface area contributed by atoms with Crippen molar-refractivity contribution in [2.24, 2.45) is 0 Å². The zero-order valence-corrected chi connectivity index (χ0v) is 14.6. The second-order valence-corrected chi connectivity index (χ2v) is 6.99. The lowest BCUT2D eigenvalue weighted by atomic mass is 10.2. The van der Waals surface area contributed by atoms with Crippen molar-refractivity contribution in [3.05, 3.63) is 27.7 Å². The Morgan fingerprint density at radius 3 is 2.48 bits per heavy atom. The van der Waals surface area contributed by atoms with Gasteiger partial charge in [-0.05, 0) is 17.7 Å². The molecule has 0 fully saturated rings. The van der Waals surface area contributed by atoms with Crippen LogP contribution in [-0.4, -0.2) is 41.9 Å². The molecule has 5 nitrogen and oxygen atoms in total. The Morgan fingerprint density at radius 1 is 1.29 bits per heavy atom. The van der Waals surface area contributed by atoms with Gasteiger partial charge >= 0.3 is 0 Å². The second-order valence-electron chi connectivity index (χ2n) is 4.18. The standard InChI is InChI=1S/C12H16Cl3NO4S/c1-19-7-10(20-2)6-16-21(17,18)11-4-9(14)3-8(5-13)12(11)15/h3-4,10,16H,5-7H2,1-2H3. The molecular formula is C12H16Cl3NO4S. The van der Waals surface area contributed by atoms with Crippen LogP contribution in [0.5, 0.6) is 0 Å². The first-order valence-electron chi connectivity index (χ1n) is 5.91. The van der Waals surface area contributed by atoms with Crippen molar-refractivity contribution in [2.45, 2.75) is 16.9 Å². The molecule has 21 heavy (non-hydrogen) atoms. The Bertz CT molecular complexity index is 580. The first-order valence-corrected chi connectivity index (χ1v) is 8.68. The van der Waals surface area contributed by atoms with Crippen molar-refractivity contribution in [3.63, 3.8) is 0 Å². The van der Waals surface area contributed by atoms with Gasteiger partial charge in [-0.25, -0.2) is 13.1 Å². The SMILES string of the molecule is COCC(CNS(=O)(=O)c1cc(Cl)cc(CCl)c1Cl)OC. The minimum absolute atomic E-state index is 0.0473. The molecule has 0 aliphatic heterocycles. The fraction of sp³-hybridized carbons (Fsp3) is 0.500. The third kappa shape index (κ3) is 5.25. The summed E-state index contributed by atoms with van der Waals surface area (Å²) in [5.74, 6) is 0.0618. The summed E-state index contributed by atoms with van der Waals surface area (Å²) in [4.78, 5) is -0.111. The molecular weight excluding hydrogens is 361 g/mol. The Hall–Kier alpha value is -0.0800. The van der Waals surface area contributed by atoms with Crippen LogP contribution in [0.2, 0.25) is 10.0 Å². The van der Waals surface area contributed by atoms with Gasteiger partial charge in [0.25, 0.3) is 0 Å². The average molecular weight is 377 g/mol. The number of rotatable bonds is 8. The molecule has 1 aromatic rings. The third-order valence-electron chi connectivity index (χ3n) is 2.70. The number of methoxy groups -OCH3 is 2. The van der Waals surface area contributed by atoms with Crippen LogP contribution in [0, 0.1) is 0 Å². The van der Waals surface area contributed by atoms with Crippen LogP contribution in [0.25, 0.3) is 0 Å². The highest BCUT2D eigenvalue weighted by molar-refractivity contribution is 7.89. The number of nitrogens with one attached hydrogen (secondary N) is 1. The smallest absolute Gasteiger partial charge is 0.242 e. The summed E-state index contributed by atoms with van der Waals surface area (Å²) in [6.45, 7) is 0.306. The van der Waals surface area contributed by atoms with Crippen molar-refractivity contribution >= 4 is 44.8 Å². The molecule has 1 aromatic carbocycles. The predicted molar refractivity (Wildman–Crippen MR) is 83.9 cm³/mol. The van der Waals surface area contributed by atoms with E-state index in [1.165, 1.54) is 26.4 Å². The highest BCUT2D eigenvalue weighted by Crippen LogP contribution is 2.30. The van der Waals surface area contributed by atoms with Gasteiger partial charge < -0.3 is 9.47 Å². The Balaban J connectivity index is 3.00. The maximum absolute atomic E-state index is 12.3. The maximum Gasteiger partial charge on any atom is 0.242 e. The van der Waals surface area contributed by atoms with Crippen molar-refractivity contribution in [3.8, 4) is 0 Å². The van der Waals surface area contributed by atoms with E-state index in [4.69, 9.17) is 44.3 Å². The molecule has 1 atom stereocenters. The Labute approximate surface area is 139 Å². The van der Waals surface area contributed by atoms with Gasteiger partial charge in [-0.2, -0.15) is 0 Å². The summed E-state index contributed by atoms with van der Waals surface area (Å²) >= 11 is 17.7. The van der Waals surface area contributed by atoms with Crippen LogP contribution in [0.1, 0.15) is 5.56 Å². The second kappa shape index (κ2) is 8.53. The van der Waals surface area contributed by atoms with E-state index in [0.29, 0.717) is 5.56 Å². The molecule has 0 saturated heterocycles. The van der Waals surface area contributed by atoms with E-state index in [0.717, 1.165) is 0 Å². The van der Waals surface area contributed by atoms with Gasteiger partial charge in [0, 0.05) is 31.7 Å². The van der Waals surface area contributed by atoms with E-state index in [2.05, 4.69) is 4.72 Å². The highest BCUT2D eigenvalue weighted by Gasteiger charge is 2.22. The van der Waals surface area contributed by atoms with Gasteiger partial charge in [0.05, 0.1) is 17.7 Å². The molecule has 0 heterocycles. The molecule has 9 heteroatoms.